The van der Waals surface area contributed by atoms with Gasteiger partial charge in [-0.15, -0.1) is 0 Å². The van der Waals surface area contributed by atoms with Crippen molar-refractivity contribution in [2.45, 2.75) is 13.0 Å². The Kier molecular flexibility index (Phi) is 3.51. The summed E-state index contributed by atoms with van der Waals surface area (Å²) in [7, 11) is 0. The predicted molar refractivity (Wildman–Crippen MR) is 79.4 cm³/mol. The number of carbonyl (C=O) groups excluding carboxylic acids is 1. The van der Waals surface area contributed by atoms with E-state index in [9.17, 15) is 9.59 Å². The molecule has 0 bridgehead atoms. The summed E-state index contributed by atoms with van der Waals surface area (Å²) in [5.41, 5.74) is 4.29. The number of aromatic nitrogens is 3. The molecule has 0 aliphatic carbocycles. The summed E-state index contributed by atoms with van der Waals surface area (Å²) >= 11 is 0. The van der Waals surface area contributed by atoms with Crippen LogP contribution in [0, 0.1) is 0 Å². The Morgan fingerprint density at radius 2 is 1.95 bits per heavy atom. The van der Waals surface area contributed by atoms with Gasteiger partial charge in [0.25, 0.3) is 5.56 Å². The second-order valence-electron chi connectivity index (χ2n) is 4.62. The van der Waals surface area contributed by atoms with Crippen LogP contribution in [0.5, 0.6) is 0 Å². The number of fused-ring (bicyclic) bond motifs is 1. The van der Waals surface area contributed by atoms with Crippen LogP contribution in [-0.2, 0) is 11.3 Å². The molecule has 21 heavy (non-hydrogen) atoms. The van der Waals surface area contributed by atoms with Crippen molar-refractivity contribution in [1.82, 2.24) is 14.2 Å². The number of aryl methyl sites for hydroxylation is 1. The quantitative estimate of drug-likeness (QED) is 0.785. The summed E-state index contributed by atoms with van der Waals surface area (Å²) in [4.78, 5) is 27.7. The van der Waals surface area contributed by atoms with E-state index in [4.69, 9.17) is 0 Å². The Morgan fingerprint density at radius 3 is 2.81 bits per heavy atom. The molecule has 6 heteroatoms. The lowest BCUT2D eigenvalue weighted by Gasteiger charge is -2.08. The van der Waals surface area contributed by atoms with Crippen LogP contribution in [0.2, 0.25) is 0 Å². The van der Waals surface area contributed by atoms with Crippen molar-refractivity contribution in [1.29, 1.82) is 0 Å². The molecule has 0 aliphatic rings. The van der Waals surface area contributed by atoms with Gasteiger partial charge in [0.05, 0.1) is 11.0 Å². The highest BCUT2D eigenvalue weighted by molar-refractivity contribution is 5.86. The third-order valence-corrected chi connectivity index (χ3v) is 3.18. The smallest absolute Gasteiger partial charge is 0.250 e. The van der Waals surface area contributed by atoms with Gasteiger partial charge in [0.15, 0.2) is 0 Å². The minimum atomic E-state index is -0.172. The summed E-state index contributed by atoms with van der Waals surface area (Å²) in [5, 5.41) is 0. The highest BCUT2D eigenvalue weighted by Crippen LogP contribution is 2.09. The summed E-state index contributed by atoms with van der Waals surface area (Å²) in [6.07, 6.45) is 3.45. The second-order valence-corrected chi connectivity index (χ2v) is 4.62. The number of nitrogens with zero attached hydrogens (tertiary/aromatic N) is 3. The molecule has 0 unspecified atom stereocenters. The fourth-order valence-corrected chi connectivity index (χ4v) is 2.11. The van der Waals surface area contributed by atoms with Crippen LogP contribution in [-0.4, -0.2) is 20.1 Å². The molecule has 3 aromatic rings. The maximum Gasteiger partial charge on any atom is 0.250 e. The molecule has 3 rings (SSSR count). The van der Waals surface area contributed by atoms with Crippen LogP contribution in [0.25, 0.3) is 11.0 Å². The molecule has 0 atom stereocenters. The number of benzene rings is 1. The molecule has 6 nitrogen and oxygen atoms in total. The molecule has 0 spiro atoms. The van der Waals surface area contributed by atoms with E-state index >= 15 is 0 Å². The number of pyridine rings is 1. The van der Waals surface area contributed by atoms with E-state index in [0.717, 1.165) is 11.0 Å². The molecule has 0 saturated heterocycles. The number of amides is 1. The summed E-state index contributed by atoms with van der Waals surface area (Å²) < 4.78 is 3.09. The number of nitrogens with one attached hydrogen (secondary N) is 1. The fraction of sp³-hybridized carbons (Fsp3) is 0.133. The van der Waals surface area contributed by atoms with E-state index in [1.807, 2.05) is 24.3 Å². The van der Waals surface area contributed by atoms with Gasteiger partial charge in [-0.3, -0.25) is 15.0 Å². The van der Waals surface area contributed by atoms with E-state index in [2.05, 4.69) is 10.4 Å². The molecule has 0 fully saturated rings. The maximum absolute atomic E-state index is 12.0. The Morgan fingerprint density at radius 1 is 1.14 bits per heavy atom. The average Bonchev–Trinajstić information content (AvgIpc) is 2.90. The van der Waals surface area contributed by atoms with Gasteiger partial charge in [0, 0.05) is 25.2 Å². The minimum Gasteiger partial charge on any atom is -0.315 e. The Hall–Kier alpha value is -2.89. The van der Waals surface area contributed by atoms with Gasteiger partial charge in [0.1, 0.15) is 6.33 Å². The third kappa shape index (κ3) is 2.84. The third-order valence-electron chi connectivity index (χ3n) is 3.18. The lowest BCUT2D eigenvalue weighted by molar-refractivity contribution is -0.117. The number of rotatable bonds is 4. The topological polar surface area (TPSA) is 68.9 Å². The molecule has 0 saturated carbocycles. The Balaban J connectivity index is 1.67. The Labute approximate surface area is 120 Å². The lowest BCUT2D eigenvalue weighted by atomic mass is 10.3. The number of hydrogen-bond donors (Lipinski definition) is 1. The average molecular weight is 282 g/mol. The van der Waals surface area contributed by atoms with Gasteiger partial charge >= 0.3 is 0 Å². The van der Waals surface area contributed by atoms with Crippen LogP contribution in [0.3, 0.4) is 0 Å². The molecule has 2 heterocycles. The molecule has 2 aromatic heterocycles. The molecule has 0 aliphatic heterocycles. The van der Waals surface area contributed by atoms with E-state index in [-0.39, 0.29) is 17.9 Å². The van der Waals surface area contributed by atoms with Crippen molar-refractivity contribution in [2.75, 3.05) is 5.43 Å². The molecular weight excluding hydrogens is 268 g/mol. The van der Waals surface area contributed by atoms with Gasteiger partial charge in [-0.05, 0) is 18.2 Å². The zero-order chi connectivity index (χ0) is 14.7. The van der Waals surface area contributed by atoms with Crippen molar-refractivity contribution < 1.29 is 4.79 Å². The Bertz CT molecular complexity index is 835. The molecular formula is C15H14N4O2. The number of hydrogen-bond acceptors (Lipinski definition) is 3. The molecule has 0 radical (unpaired) electrons. The lowest BCUT2D eigenvalue weighted by Crippen LogP contribution is -2.25. The van der Waals surface area contributed by atoms with E-state index in [0.29, 0.717) is 6.54 Å². The molecule has 1 N–H and O–H groups in total. The fourth-order valence-electron chi connectivity index (χ4n) is 2.11. The van der Waals surface area contributed by atoms with Crippen LogP contribution in [0.4, 0.5) is 0 Å². The maximum atomic E-state index is 12.0. The zero-order valence-electron chi connectivity index (χ0n) is 11.3. The summed E-state index contributed by atoms with van der Waals surface area (Å²) in [6.45, 7) is 0.345. The summed E-state index contributed by atoms with van der Waals surface area (Å²) in [6, 6.07) is 12.5. The zero-order valence-corrected chi connectivity index (χ0v) is 11.3. The molecule has 1 amide bonds. The SMILES string of the molecule is O=C(CCn1ccccc1=O)Nn1cnc2ccccc21. The van der Waals surface area contributed by atoms with Gasteiger partial charge in [-0.1, -0.05) is 18.2 Å². The number of carbonyl (C=O) groups is 1. The van der Waals surface area contributed by atoms with Crippen LogP contribution >= 0.6 is 0 Å². The van der Waals surface area contributed by atoms with Crippen molar-refractivity contribution in [3.05, 3.63) is 65.3 Å². The highest BCUT2D eigenvalue weighted by Gasteiger charge is 2.06. The van der Waals surface area contributed by atoms with E-state index < -0.39 is 0 Å². The van der Waals surface area contributed by atoms with Gasteiger partial charge in [0.2, 0.25) is 5.91 Å². The first-order valence-corrected chi connectivity index (χ1v) is 6.61. The minimum absolute atomic E-state index is 0.113. The number of para-hydroxylation sites is 2. The predicted octanol–water partition coefficient (Wildman–Crippen LogP) is 1.36. The first-order chi connectivity index (χ1) is 10.2. The monoisotopic (exact) mass is 282 g/mol. The van der Waals surface area contributed by atoms with Crippen LogP contribution in [0.15, 0.2) is 59.8 Å². The van der Waals surface area contributed by atoms with Crippen LogP contribution in [0.1, 0.15) is 6.42 Å². The van der Waals surface area contributed by atoms with Crippen molar-refractivity contribution in [2.24, 2.45) is 0 Å². The van der Waals surface area contributed by atoms with Gasteiger partial charge < -0.3 is 4.57 Å². The largest absolute Gasteiger partial charge is 0.315 e. The second kappa shape index (κ2) is 5.62. The first kappa shape index (κ1) is 13.1. The molecule has 106 valence electrons. The van der Waals surface area contributed by atoms with Crippen molar-refractivity contribution in [3.8, 4) is 0 Å². The van der Waals surface area contributed by atoms with Gasteiger partial charge in [-0.2, -0.15) is 0 Å². The first-order valence-electron chi connectivity index (χ1n) is 6.61. The van der Waals surface area contributed by atoms with Crippen molar-refractivity contribution in [3.63, 3.8) is 0 Å². The van der Waals surface area contributed by atoms with Crippen molar-refractivity contribution >= 4 is 16.9 Å². The number of imidazole rings is 1. The van der Waals surface area contributed by atoms with E-state index in [1.165, 1.54) is 10.6 Å². The molecule has 1 aromatic carbocycles. The standard InChI is InChI=1S/C15H14N4O2/c20-14(8-10-18-9-4-3-7-15(18)21)17-19-11-16-12-5-1-2-6-13(12)19/h1-7,9,11H,8,10H2,(H,17,20). The van der Waals surface area contributed by atoms with Gasteiger partial charge in [-0.25, -0.2) is 9.66 Å². The normalized spacial score (nSPS) is 10.7. The van der Waals surface area contributed by atoms with Crippen LogP contribution < -0.4 is 11.0 Å². The van der Waals surface area contributed by atoms with E-state index in [1.54, 1.807) is 29.3 Å². The highest BCUT2D eigenvalue weighted by atomic mass is 16.2. The summed E-state index contributed by atoms with van der Waals surface area (Å²) in [5.74, 6) is -0.172.